The van der Waals surface area contributed by atoms with Crippen LogP contribution in [0.25, 0.3) is 5.69 Å². The number of nitrogens with zero attached hydrogens (tertiary/aromatic N) is 5. The van der Waals surface area contributed by atoms with E-state index < -0.39 is 0 Å². The van der Waals surface area contributed by atoms with Crippen molar-refractivity contribution in [2.75, 3.05) is 0 Å². The SMILES string of the molecule is Cc1ccc(C)c([C@H](NC(=O)Cc2ccc(-n3nnnc3C)cc2)c2ccncc2)c1. The van der Waals surface area contributed by atoms with Gasteiger partial charge in [0.25, 0.3) is 0 Å². The number of tetrazole rings is 1. The number of benzene rings is 2. The second-order valence-electron chi connectivity index (χ2n) is 7.62. The Bertz CT molecular complexity index is 1180. The van der Waals surface area contributed by atoms with Crippen molar-refractivity contribution in [1.82, 2.24) is 30.5 Å². The molecule has 0 radical (unpaired) electrons. The van der Waals surface area contributed by atoms with Crippen molar-refractivity contribution in [3.8, 4) is 5.69 Å². The number of aromatic nitrogens is 5. The van der Waals surface area contributed by atoms with Crippen molar-refractivity contribution < 1.29 is 4.79 Å². The fraction of sp³-hybridized carbons (Fsp3) is 0.208. The fourth-order valence-electron chi connectivity index (χ4n) is 3.59. The lowest BCUT2D eigenvalue weighted by molar-refractivity contribution is -0.120. The largest absolute Gasteiger partial charge is 0.345 e. The number of amides is 1. The number of hydrogen-bond donors (Lipinski definition) is 1. The van der Waals surface area contributed by atoms with Gasteiger partial charge in [0, 0.05) is 12.4 Å². The molecule has 31 heavy (non-hydrogen) atoms. The Morgan fingerprint density at radius 3 is 2.42 bits per heavy atom. The van der Waals surface area contributed by atoms with Crippen LogP contribution in [0.15, 0.2) is 67.0 Å². The van der Waals surface area contributed by atoms with Gasteiger partial charge in [0.2, 0.25) is 5.91 Å². The van der Waals surface area contributed by atoms with Crippen LogP contribution in [-0.2, 0) is 11.2 Å². The van der Waals surface area contributed by atoms with E-state index in [1.54, 1.807) is 17.1 Å². The van der Waals surface area contributed by atoms with Crippen LogP contribution >= 0.6 is 0 Å². The Morgan fingerprint density at radius 1 is 1.00 bits per heavy atom. The van der Waals surface area contributed by atoms with E-state index in [1.807, 2.05) is 43.3 Å². The number of pyridine rings is 1. The minimum absolute atomic E-state index is 0.0472. The van der Waals surface area contributed by atoms with Gasteiger partial charge >= 0.3 is 0 Å². The Balaban J connectivity index is 1.54. The summed E-state index contributed by atoms with van der Waals surface area (Å²) in [6.45, 7) is 5.96. The van der Waals surface area contributed by atoms with Crippen LogP contribution in [0.2, 0.25) is 0 Å². The quantitative estimate of drug-likeness (QED) is 0.524. The van der Waals surface area contributed by atoms with Gasteiger partial charge in [-0.1, -0.05) is 35.9 Å². The minimum atomic E-state index is -0.237. The smallest absolute Gasteiger partial charge is 0.225 e. The highest BCUT2D eigenvalue weighted by molar-refractivity contribution is 5.79. The van der Waals surface area contributed by atoms with Gasteiger partial charge in [0.15, 0.2) is 5.82 Å². The average molecular weight is 412 g/mol. The van der Waals surface area contributed by atoms with Crippen molar-refractivity contribution in [2.24, 2.45) is 0 Å². The normalized spacial score (nSPS) is 11.8. The molecule has 1 N–H and O–H groups in total. The number of carbonyl (C=O) groups excluding carboxylic acids is 1. The molecule has 4 aromatic rings. The first kappa shape index (κ1) is 20.4. The molecule has 156 valence electrons. The van der Waals surface area contributed by atoms with E-state index in [1.165, 1.54) is 0 Å². The average Bonchev–Trinajstić information content (AvgIpc) is 3.21. The first-order valence-electron chi connectivity index (χ1n) is 10.1. The number of rotatable bonds is 6. The summed E-state index contributed by atoms with van der Waals surface area (Å²) in [6, 6.07) is 17.6. The highest BCUT2D eigenvalue weighted by atomic mass is 16.1. The molecule has 0 fully saturated rings. The van der Waals surface area contributed by atoms with E-state index in [0.717, 1.165) is 33.5 Å². The molecule has 0 spiro atoms. The van der Waals surface area contributed by atoms with Gasteiger partial charge in [-0.05, 0) is 77.7 Å². The molecular weight excluding hydrogens is 388 g/mol. The van der Waals surface area contributed by atoms with Crippen LogP contribution < -0.4 is 5.32 Å². The Kier molecular flexibility index (Phi) is 5.84. The van der Waals surface area contributed by atoms with Crippen LogP contribution in [-0.4, -0.2) is 31.1 Å². The number of aryl methyl sites for hydroxylation is 3. The zero-order chi connectivity index (χ0) is 21.8. The van der Waals surface area contributed by atoms with Gasteiger partial charge in [-0.3, -0.25) is 9.78 Å². The summed E-state index contributed by atoms with van der Waals surface area (Å²) in [5.41, 5.74) is 6.15. The molecule has 0 aliphatic carbocycles. The first-order chi connectivity index (χ1) is 15.0. The highest BCUT2D eigenvalue weighted by Crippen LogP contribution is 2.26. The van der Waals surface area contributed by atoms with Crippen LogP contribution in [0.4, 0.5) is 0 Å². The summed E-state index contributed by atoms with van der Waals surface area (Å²) in [6.07, 6.45) is 3.78. The molecule has 7 nitrogen and oxygen atoms in total. The zero-order valence-corrected chi connectivity index (χ0v) is 17.8. The second-order valence-corrected chi connectivity index (χ2v) is 7.62. The molecule has 4 rings (SSSR count). The van der Waals surface area contributed by atoms with Gasteiger partial charge < -0.3 is 5.32 Å². The van der Waals surface area contributed by atoms with Crippen LogP contribution in [0.3, 0.4) is 0 Å². The summed E-state index contributed by atoms with van der Waals surface area (Å²) in [7, 11) is 0. The van der Waals surface area contributed by atoms with Crippen molar-refractivity contribution in [2.45, 2.75) is 33.2 Å². The molecule has 0 unspecified atom stereocenters. The monoisotopic (exact) mass is 412 g/mol. The summed E-state index contributed by atoms with van der Waals surface area (Å²) in [5, 5.41) is 14.8. The van der Waals surface area contributed by atoms with Crippen molar-refractivity contribution in [3.05, 3.63) is 101 Å². The van der Waals surface area contributed by atoms with Crippen LogP contribution in [0, 0.1) is 20.8 Å². The van der Waals surface area contributed by atoms with E-state index in [0.29, 0.717) is 5.82 Å². The Hall–Kier alpha value is -3.87. The molecule has 7 heteroatoms. The lowest BCUT2D eigenvalue weighted by Crippen LogP contribution is -2.31. The third-order valence-corrected chi connectivity index (χ3v) is 5.26. The predicted octanol–water partition coefficient (Wildman–Crippen LogP) is 3.43. The lowest BCUT2D eigenvalue weighted by atomic mass is 9.94. The fourth-order valence-corrected chi connectivity index (χ4v) is 3.59. The Morgan fingerprint density at radius 2 is 1.74 bits per heavy atom. The van der Waals surface area contributed by atoms with Crippen LogP contribution in [0.1, 0.15) is 39.7 Å². The van der Waals surface area contributed by atoms with E-state index in [2.05, 4.69) is 57.9 Å². The van der Waals surface area contributed by atoms with E-state index in [9.17, 15) is 4.79 Å². The third-order valence-electron chi connectivity index (χ3n) is 5.26. The minimum Gasteiger partial charge on any atom is -0.345 e. The molecule has 0 bridgehead atoms. The molecule has 2 heterocycles. The third kappa shape index (κ3) is 4.66. The molecule has 0 saturated heterocycles. The maximum atomic E-state index is 13.0. The van der Waals surface area contributed by atoms with Crippen molar-refractivity contribution in [1.29, 1.82) is 0 Å². The van der Waals surface area contributed by atoms with Gasteiger partial charge in [0.05, 0.1) is 18.2 Å². The summed E-state index contributed by atoms with van der Waals surface area (Å²) < 4.78 is 1.66. The molecular formula is C24H24N6O. The standard InChI is InChI=1S/C24H24N6O/c1-16-4-5-17(2)22(14-16)24(20-10-12-25-13-11-20)26-23(31)15-19-6-8-21(9-7-19)30-18(3)27-28-29-30/h4-14,24H,15H2,1-3H3,(H,26,31)/t24-/m1/s1. The second kappa shape index (κ2) is 8.87. The van der Waals surface area contributed by atoms with Gasteiger partial charge in [-0.15, -0.1) is 5.10 Å². The molecule has 1 amide bonds. The molecule has 0 aliphatic rings. The zero-order valence-electron chi connectivity index (χ0n) is 17.8. The number of carbonyl (C=O) groups is 1. The summed E-state index contributed by atoms with van der Waals surface area (Å²) in [4.78, 5) is 17.1. The molecule has 2 aromatic carbocycles. The predicted molar refractivity (Wildman–Crippen MR) is 118 cm³/mol. The van der Waals surface area contributed by atoms with Crippen molar-refractivity contribution >= 4 is 5.91 Å². The topological polar surface area (TPSA) is 85.6 Å². The van der Waals surface area contributed by atoms with Gasteiger partial charge in [-0.2, -0.15) is 4.68 Å². The molecule has 0 aliphatic heterocycles. The van der Waals surface area contributed by atoms with Gasteiger partial charge in [-0.25, -0.2) is 0 Å². The maximum absolute atomic E-state index is 13.0. The molecule has 2 aromatic heterocycles. The molecule has 1 atom stereocenters. The first-order valence-corrected chi connectivity index (χ1v) is 10.1. The number of hydrogen-bond acceptors (Lipinski definition) is 5. The van der Waals surface area contributed by atoms with Crippen molar-refractivity contribution in [3.63, 3.8) is 0 Å². The molecule has 0 saturated carbocycles. The summed E-state index contributed by atoms with van der Waals surface area (Å²) in [5.74, 6) is 0.660. The van der Waals surface area contributed by atoms with Crippen LogP contribution in [0.5, 0.6) is 0 Å². The van der Waals surface area contributed by atoms with E-state index in [4.69, 9.17) is 0 Å². The maximum Gasteiger partial charge on any atom is 0.225 e. The Labute approximate surface area is 181 Å². The van der Waals surface area contributed by atoms with E-state index in [-0.39, 0.29) is 18.4 Å². The van der Waals surface area contributed by atoms with E-state index >= 15 is 0 Å². The summed E-state index contributed by atoms with van der Waals surface area (Å²) >= 11 is 0. The number of nitrogens with one attached hydrogen (secondary N) is 1. The highest BCUT2D eigenvalue weighted by Gasteiger charge is 2.19. The lowest BCUT2D eigenvalue weighted by Gasteiger charge is -2.22. The van der Waals surface area contributed by atoms with Gasteiger partial charge in [0.1, 0.15) is 0 Å².